The number of nitrogens with zero attached hydrogens (tertiary/aromatic N) is 1. The van der Waals surface area contributed by atoms with Gasteiger partial charge >= 0.3 is 0 Å². The number of benzene rings is 1. The Balaban J connectivity index is 0.00000312. The molecule has 0 saturated carbocycles. The molecule has 1 saturated heterocycles. The third kappa shape index (κ3) is 5.41. The monoisotopic (exact) mass is 389 g/mol. The van der Waals surface area contributed by atoms with Gasteiger partial charge in [-0.1, -0.05) is 13.8 Å². The second kappa shape index (κ2) is 9.52. The largest absolute Gasteiger partial charge is 0.349 e. The van der Waals surface area contributed by atoms with Gasteiger partial charge in [0.25, 0.3) is 5.91 Å². The highest BCUT2D eigenvalue weighted by Gasteiger charge is 2.23. The molecule has 0 aliphatic carbocycles. The first-order chi connectivity index (χ1) is 11.4. The van der Waals surface area contributed by atoms with Crippen molar-refractivity contribution in [3.8, 4) is 0 Å². The summed E-state index contributed by atoms with van der Waals surface area (Å²) in [5.74, 6) is -0.152. The van der Waals surface area contributed by atoms with Crippen molar-refractivity contribution in [3.05, 3.63) is 29.8 Å². The molecule has 1 aliphatic heterocycles. The molecular weight excluding hydrogens is 362 g/mol. The molecule has 0 bridgehead atoms. The van der Waals surface area contributed by atoms with Crippen LogP contribution in [0.15, 0.2) is 29.2 Å². The van der Waals surface area contributed by atoms with E-state index in [4.69, 9.17) is 0 Å². The Morgan fingerprint density at radius 2 is 1.84 bits per heavy atom. The lowest BCUT2D eigenvalue weighted by molar-refractivity contribution is 0.0925. The molecule has 1 amide bonds. The van der Waals surface area contributed by atoms with E-state index in [-0.39, 0.29) is 29.3 Å². The average molecular weight is 390 g/mol. The standard InChI is InChI=1S/C17H27N3O3S.ClH/c1-4-20(5-2)24(22,23)16-8-6-14(7-9-16)17(21)19-15-10-11-18-13(3)12-15;/h6-9,13,15,18H,4-5,10-12H2,1-3H3,(H,19,21);1H. The Labute approximate surface area is 156 Å². The molecule has 2 N–H and O–H groups in total. The number of carbonyl (C=O) groups excluding carboxylic acids is 1. The zero-order valence-electron chi connectivity index (χ0n) is 15.0. The number of hydrogen-bond acceptors (Lipinski definition) is 4. The number of hydrogen-bond donors (Lipinski definition) is 2. The van der Waals surface area contributed by atoms with Gasteiger partial charge in [0.15, 0.2) is 0 Å². The fraction of sp³-hybridized carbons (Fsp3) is 0.588. The minimum Gasteiger partial charge on any atom is -0.349 e. The van der Waals surface area contributed by atoms with Crippen molar-refractivity contribution < 1.29 is 13.2 Å². The molecule has 0 spiro atoms. The summed E-state index contributed by atoms with van der Waals surface area (Å²) in [5, 5.41) is 6.38. The SMILES string of the molecule is CCN(CC)S(=O)(=O)c1ccc(C(=O)NC2CCNC(C)C2)cc1.Cl. The van der Waals surface area contributed by atoms with Crippen LogP contribution < -0.4 is 10.6 Å². The van der Waals surface area contributed by atoms with E-state index >= 15 is 0 Å². The first kappa shape index (κ1) is 21.9. The van der Waals surface area contributed by atoms with Crippen molar-refractivity contribution >= 4 is 28.3 Å². The molecule has 2 atom stereocenters. The summed E-state index contributed by atoms with van der Waals surface area (Å²) < 4.78 is 26.3. The molecule has 1 aliphatic rings. The minimum atomic E-state index is -3.48. The number of piperidine rings is 1. The Hall–Kier alpha value is -1.15. The summed E-state index contributed by atoms with van der Waals surface area (Å²) in [6.45, 7) is 7.47. The van der Waals surface area contributed by atoms with Gasteiger partial charge in [0, 0.05) is 30.7 Å². The average Bonchev–Trinajstić information content (AvgIpc) is 2.56. The maximum Gasteiger partial charge on any atom is 0.251 e. The normalized spacial score (nSPS) is 20.8. The zero-order valence-corrected chi connectivity index (χ0v) is 16.6. The summed E-state index contributed by atoms with van der Waals surface area (Å²) in [6, 6.07) is 6.73. The quantitative estimate of drug-likeness (QED) is 0.780. The lowest BCUT2D eigenvalue weighted by Crippen LogP contribution is -2.46. The Morgan fingerprint density at radius 3 is 2.36 bits per heavy atom. The third-order valence-electron chi connectivity index (χ3n) is 4.42. The second-order valence-corrected chi connectivity index (χ2v) is 8.10. The van der Waals surface area contributed by atoms with Crippen LogP contribution in [0.4, 0.5) is 0 Å². The van der Waals surface area contributed by atoms with Gasteiger partial charge in [-0.2, -0.15) is 4.31 Å². The molecule has 1 aromatic rings. The van der Waals surface area contributed by atoms with Gasteiger partial charge in [-0.25, -0.2) is 8.42 Å². The molecule has 2 unspecified atom stereocenters. The number of rotatable bonds is 6. The number of carbonyl (C=O) groups is 1. The predicted octanol–water partition coefficient (Wildman–Crippen LogP) is 2.01. The van der Waals surface area contributed by atoms with Gasteiger partial charge in [-0.15, -0.1) is 12.4 Å². The van der Waals surface area contributed by atoms with Gasteiger partial charge in [0.05, 0.1) is 4.90 Å². The highest BCUT2D eigenvalue weighted by molar-refractivity contribution is 7.89. The number of nitrogens with one attached hydrogen (secondary N) is 2. The summed E-state index contributed by atoms with van der Waals surface area (Å²) in [6.07, 6.45) is 1.81. The Kier molecular flexibility index (Phi) is 8.34. The highest BCUT2D eigenvalue weighted by atomic mass is 35.5. The van der Waals surface area contributed by atoms with Crippen molar-refractivity contribution in [1.29, 1.82) is 0 Å². The minimum absolute atomic E-state index is 0. The van der Waals surface area contributed by atoms with E-state index in [1.165, 1.54) is 16.4 Å². The molecule has 6 nitrogen and oxygen atoms in total. The van der Waals surface area contributed by atoms with Crippen molar-refractivity contribution in [2.75, 3.05) is 19.6 Å². The third-order valence-corrected chi connectivity index (χ3v) is 6.48. The van der Waals surface area contributed by atoms with Crippen LogP contribution >= 0.6 is 12.4 Å². The fourth-order valence-corrected chi connectivity index (χ4v) is 4.48. The van der Waals surface area contributed by atoms with Crippen LogP contribution in [0, 0.1) is 0 Å². The maximum atomic E-state index is 12.4. The van der Waals surface area contributed by atoms with Crippen LogP contribution in [-0.2, 0) is 10.0 Å². The summed E-state index contributed by atoms with van der Waals surface area (Å²) in [5.41, 5.74) is 0.486. The van der Waals surface area contributed by atoms with Crippen LogP contribution in [0.2, 0.25) is 0 Å². The second-order valence-electron chi connectivity index (χ2n) is 6.16. The van der Waals surface area contributed by atoms with Crippen LogP contribution in [0.5, 0.6) is 0 Å². The van der Waals surface area contributed by atoms with E-state index in [9.17, 15) is 13.2 Å². The van der Waals surface area contributed by atoms with E-state index in [0.29, 0.717) is 24.7 Å². The summed E-state index contributed by atoms with van der Waals surface area (Å²) >= 11 is 0. The van der Waals surface area contributed by atoms with Gasteiger partial charge in [0.1, 0.15) is 0 Å². The maximum absolute atomic E-state index is 12.4. The first-order valence-corrected chi connectivity index (χ1v) is 9.97. The fourth-order valence-electron chi connectivity index (χ4n) is 3.02. The van der Waals surface area contributed by atoms with E-state index < -0.39 is 10.0 Å². The van der Waals surface area contributed by atoms with E-state index in [2.05, 4.69) is 17.6 Å². The predicted molar refractivity (Wildman–Crippen MR) is 102 cm³/mol. The van der Waals surface area contributed by atoms with Gasteiger partial charge in [-0.05, 0) is 50.6 Å². The number of amides is 1. The summed E-state index contributed by atoms with van der Waals surface area (Å²) in [4.78, 5) is 12.6. The molecule has 8 heteroatoms. The lowest BCUT2D eigenvalue weighted by Gasteiger charge is -2.28. The topological polar surface area (TPSA) is 78.5 Å². The van der Waals surface area contributed by atoms with E-state index in [1.54, 1.807) is 12.1 Å². The Morgan fingerprint density at radius 1 is 1.24 bits per heavy atom. The Bertz CT molecular complexity index is 660. The van der Waals surface area contributed by atoms with Crippen LogP contribution in [-0.4, -0.2) is 50.3 Å². The lowest BCUT2D eigenvalue weighted by atomic mass is 10.0. The van der Waals surface area contributed by atoms with Crippen molar-refractivity contribution in [2.24, 2.45) is 0 Å². The first-order valence-electron chi connectivity index (χ1n) is 8.53. The highest BCUT2D eigenvalue weighted by Crippen LogP contribution is 2.17. The molecule has 1 aromatic carbocycles. The molecule has 0 radical (unpaired) electrons. The van der Waals surface area contributed by atoms with Crippen LogP contribution in [0.25, 0.3) is 0 Å². The van der Waals surface area contributed by atoms with Gasteiger partial charge in [0.2, 0.25) is 10.0 Å². The molecule has 142 valence electrons. The van der Waals surface area contributed by atoms with E-state index in [1.807, 2.05) is 13.8 Å². The van der Waals surface area contributed by atoms with Crippen molar-refractivity contribution in [3.63, 3.8) is 0 Å². The zero-order chi connectivity index (χ0) is 17.7. The molecule has 1 heterocycles. The smallest absolute Gasteiger partial charge is 0.251 e. The number of halogens is 1. The van der Waals surface area contributed by atoms with Gasteiger partial charge < -0.3 is 10.6 Å². The van der Waals surface area contributed by atoms with Crippen molar-refractivity contribution in [2.45, 2.75) is 50.6 Å². The van der Waals surface area contributed by atoms with Crippen LogP contribution in [0.3, 0.4) is 0 Å². The molecule has 2 rings (SSSR count). The molecule has 1 fully saturated rings. The van der Waals surface area contributed by atoms with Gasteiger partial charge in [-0.3, -0.25) is 4.79 Å². The molecular formula is C17H28ClN3O3S. The number of sulfonamides is 1. The van der Waals surface area contributed by atoms with Crippen molar-refractivity contribution in [1.82, 2.24) is 14.9 Å². The van der Waals surface area contributed by atoms with Crippen LogP contribution in [0.1, 0.15) is 44.0 Å². The molecule has 0 aromatic heterocycles. The molecule has 25 heavy (non-hydrogen) atoms. The summed E-state index contributed by atoms with van der Waals surface area (Å²) in [7, 11) is -3.48. The van der Waals surface area contributed by atoms with E-state index in [0.717, 1.165) is 19.4 Å².